The Bertz CT molecular complexity index is 1080. The van der Waals surface area contributed by atoms with Crippen LogP contribution >= 0.6 is 0 Å². The number of hydrogen-bond donors (Lipinski definition) is 1. The summed E-state index contributed by atoms with van der Waals surface area (Å²) in [4.78, 5) is 14.8. The number of methoxy groups -OCH3 is 3. The standard InChI is InChI=1S/C23H27N5O5/c1-14-5-6-21(27-24-14)33-16-7-9-28(10-8-16)23(29)18-13-17(25-26-18)15-11-19(30-2)22(32-4)20(12-15)31-3/h5-6,11-13,16H,7-10H2,1-4H3,(H,25,26). The molecule has 0 aliphatic carbocycles. The van der Waals surface area contributed by atoms with Gasteiger partial charge in [-0.25, -0.2) is 0 Å². The van der Waals surface area contributed by atoms with Crippen molar-refractivity contribution in [2.45, 2.75) is 25.9 Å². The van der Waals surface area contributed by atoms with Crippen molar-refractivity contribution in [1.29, 1.82) is 0 Å². The van der Waals surface area contributed by atoms with Crippen LogP contribution in [0.1, 0.15) is 29.0 Å². The monoisotopic (exact) mass is 453 g/mol. The maximum Gasteiger partial charge on any atom is 0.271 e. The zero-order chi connectivity index (χ0) is 23.4. The Morgan fingerprint density at radius 2 is 1.70 bits per heavy atom. The van der Waals surface area contributed by atoms with Crippen LogP contribution in [0.15, 0.2) is 30.3 Å². The lowest BCUT2D eigenvalue weighted by Crippen LogP contribution is -2.42. The smallest absolute Gasteiger partial charge is 0.271 e. The van der Waals surface area contributed by atoms with E-state index in [9.17, 15) is 4.79 Å². The van der Waals surface area contributed by atoms with Crippen LogP contribution in [0.4, 0.5) is 0 Å². The molecule has 1 saturated heterocycles. The maximum atomic E-state index is 13.0. The molecule has 0 unspecified atom stereocenters. The minimum atomic E-state index is -0.102. The highest BCUT2D eigenvalue weighted by molar-refractivity contribution is 5.93. The fourth-order valence-corrected chi connectivity index (χ4v) is 3.78. The Morgan fingerprint density at radius 3 is 2.27 bits per heavy atom. The molecule has 3 aromatic rings. The molecule has 33 heavy (non-hydrogen) atoms. The summed E-state index contributed by atoms with van der Waals surface area (Å²) in [7, 11) is 4.66. The number of piperidine rings is 1. The van der Waals surface area contributed by atoms with Gasteiger partial charge in [0.25, 0.3) is 5.91 Å². The molecule has 1 aromatic carbocycles. The van der Waals surface area contributed by atoms with Gasteiger partial charge < -0.3 is 23.8 Å². The summed E-state index contributed by atoms with van der Waals surface area (Å²) >= 11 is 0. The highest BCUT2D eigenvalue weighted by Gasteiger charge is 2.26. The molecule has 10 nitrogen and oxygen atoms in total. The largest absolute Gasteiger partial charge is 0.493 e. The predicted molar refractivity (Wildman–Crippen MR) is 120 cm³/mol. The highest BCUT2D eigenvalue weighted by Crippen LogP contribution is 2.40. The number of aromatic nitrogens is 4. The van der Waals surface area contributed by atoms with Gasteiger partial charge >= 0.3 is 0 Å². The van der Waals surface area contributed by atoms with Crippen LogP contribution in [0, 0.1) is 6.92 Å². The summed E-state index contributed by atoms with van der Waals surface area (Å²) in [6, 6.07) is 9.00. The van der Waals surface area contributed by atoms with Crippen LogP contribution in [-0.4, -0.2) is 71.7 Å². The average Bonchev–Trinajstić information content (AvgIpc) is 3.35. The summed E-state index contributed by atoms with van der Waals surface area (Å²) in [5, 5.41) is 15.2. The van der Waals surface area contributed by atoms with Crippen LogP contribution < -0.4 is 18.9 Å². The van der Waals surface area contributed by atoms with E-state index in [1.165, 1.54) is 0 Å². The van der Waals surface area contributed by atoms with Gasteiger partial charge in [-0.3, -0.25) is 9.89 Å². The summed E-state index contributed by atoms with van der Waals surface area (Å²) < 4.78 is 22.1. The Morgan fingerprint density at radius 1 is 1.00 bits per heavy atom. The molecule has 0 spiro atoms. The van der Waals surface area contributed by atoms with Gasteiger partial charge in [-0.15, -0.1) is 5.10 Å². The molecule has 0 radical (unpaired) electrons. The lowest BCUT2D eigenvalue weighted by Gasteiger charge is -2.31. The first-order valence-corrected chi connectivity index (χ1v) is 10.6. The number of H-pyrrole nitrogens is 1. The number of amides is 1. The molecular formula is C23H27N5O5. The molecule has 0 saturated carbocycles. The molecule has 1 aliphatic heterocycles. The second-order valence-corrected chi connectivity index (χ2v) is 7.70. The van der Waals surface area contributed by atoms with Crippen molar-refractivity contribution in [3.8, 4) is 34.4 Å². The highest BCUT2D eigenvalue weighted by atomic mass is 16.5. The lowest BCUT2D eigenvalue weighted by atomic mass is 10.1. The Kier molecular flexibility index (Phi) is 6.62. The average molecular weight is 453 g/mol. The van der Waals surface area contributed by atoms with Crippen molar-refractivity contribution in [2.75, 3.05) is 34.4 Å². The summed E-state index contributed by atoms with van der Waals surface area (Å²) in [6.07, 6.45) is 1.44. The van der Waals surface area contributed by atoms with Gasteiger partial charge in [-0.2, -0.15) is 10.2 Å². The molecule has 1 amide bonds. The molecular weight excluding hydrogens is 426 g/mol. The number of nitrogens with zero attached hydrogens (tertiary/aromatic N) is 4. The van der Waals surface area contributed by atoms with E-state index >= 15 is 0 Å². The minimum Gasteiger partial charge on any atom is -0.493 e. The van der Waals surface area contributed by atoms with E-state index in [1.807, 2.05) is 19.1 Å². The fourth-order valence-electron chi connectivity index (χ4n) is 3.78. The summed E-state index contributed by atoms with van der Waals surface area (Å²) in [5.41, 5.74) is 2.61. The number of hydrogen-bond acceptors (Lipinski definition) is 8. The number of aryl methyl sites for hydroxylation is 1. The van der Waals surface area contributed by atoms with Crippen molar-refractivity contribution >= 4 is 5.91 Å². The third kappa shape index (κ3) is 4.84. The van der Waals surface area contributed by atoms with Crippen LogP contribution in [0.2, 0.25) is 0 Å². The van der Waals surface area contributed by atoms with Gasteiger partial charge in [0.05, 0.1) is 32.7 Å². The first-order chi connectivity index (χ1) is 16.0. The maximum absolute atomic E-state index is 13.0. The van der Waals surface area contributed by atoms with Crippen molar-refractivity contribution in [3.05, 3.63) is 41.7 Å². The molecule has 1 N–H and O–H groups in total. The van der Waals surface area contributed by atoms with E-state index in [4.69, 9.17) is 18.9 Å². The van der Waals surface area contributed by atoms with E-state index in [2.05, 4.69) is 20.4 Å². The van der Waals surface area contributed by atoms with Crippen LogP contribution in [0.25, 0.3) is 11.3 Å². The van der Waals surface area contributed by atoms with E-state index in [-0.39, 0.29) is 12.0 Å². The number of likely N-dealkylation sites (tertiary alicyclic amines) is 1. The van der Waals surface area contributed by atoms with Crippen molar-refractivity contribution in [2.24, 2.45) is 0 Å². The number of ether oxygens (including phenoxy) is 4. The zero-order valence-electron chi connectivity index (χ0n) is 19.1. The SMILES string of the molecule is COc1cc(-c2cc(C(=O)N3CCC(Oc4ccc(C)nn4)CC3)[nH]n2)cc(OC)c1OC. The Labute approximate surface area is 191 Å². The lowest BCUT2D eigenvalue weighted by molar-refractivity contribution is 0.0580. The first kappa shape index (κ1) is 22.4. The number of benzene rings is 1. The van der Waals surface area contributed by atoms with Crippen molar-refractivity contribution in [3.63, 3.8) is 0 Å². The number of carbonyl (C=O) groups excluding carboxylic acids is 1. The molecule has 174 valence electrons. The molecule has 2 aromatic heterocycles. The topological polar surface area (TPSA) is 112 Å². The molecule has 1 aliphatic rings. The summed E-state index contributed by atoms with van der Waals surface area (Å²) in [6.45, 7) is 3.05. The third-order valence-corrected chi connectivity index (χ3v) is 5.56. The van der Waals surface area contributed by atoms with Crippen LogP contribution in [-0.2, 0) is 0 Å². The van der Waals surface area contributed by atoms with E-state index in [1.54, 1.807) is 44.4 Å². The van der Waals surface area contributed by atoms with Gasteiger partial charge in [0, 0.05) is 37.6 Å². The van der Waals surface area contributed by atoms with Gasteiger partial charge in [-0.1, -0.05) is 0 Å². The quantitative estimate of drug-likeness (QED) is 0.581. The summed E-state index contributed by atoms with van der Waals surface area (Å²) in [5.74, 6) is 1.94. The molecule has 3 heterocycles. The van der Waals surface area contributed by atoms with E-state index in [0.717, 1.165) is 24.1 Å². The Hall–Kier alpha value is -3.82. The van der Waals surface area contributed by atoms with Crippen LogP contribution in [0.5, 0.6) is 23.1 Å². The number of aromatic amines is 1. The predicted octanol–water partition coefficient (Wildman–Crippen LogP) is 2.88. The number of rotatable bonds is 7. The minimum absolute atomic E-state index is 0.00242. The third-order valence-electron chi connectivity index (χ3n) is 5.56. The van der Waals surface area contributed by atoms with Crippen molar-refractivity contribution in [1.82, 2.24) is 25.3 Å². The van der Waals surface area contributed by atoms with E-state index in [0.29, 0.717) is 47.6 Å². The molecule has 1 fully saturated rings. The molecule has 0 atom stereocenters. The second kappa shape index (κ2) is 9.76. The van der Waals surface area contributed by atoms with Crippen LogP contribution in [0.3, 0.4) is 0 Å². The van der Waals surface area contributed by atoms with Gasteiger partial charge in [-0.05, 0) is 31.2 Å². The van der Waals surface area contributed by atoms with Gasteiger partial charge in [0.2, 0.25) is 11.6 Å². The Balaban J connectivity index is 1.42. The zero-order valence-corrected chi connectivity index (χ0v) is 19.1. The van der Waals surface area contributed by atoms with Gasteiger partial charge in [0.15, 0.2) is 11.5 Å². The molecule has 10 heteroatoms. The molecule has 4 rings (SSSR count). The molecule has 0 bridgehead atoms. The van der Waals surface area contributed by atoms with Gasteiger partial charge in [0.1, 0.15) is 11.8 Å². The first-order valence-electron chi connectivity index (χ1n) is 10.6. The fraction of sp³-hybridized carbons (Fsp3) is 0.391. The normalized spacial score (nSPS) is 14.1. The second-order valence-electron chi connectivity index (χ2n) is 7.70. The van der Waals surface area contributed by atoms with Crippen molar-refractivity contribution < 1.29 is 23.7 Å². The van der Waals surface area contributed by atoms with E-state index < -0.39 is 0 Å². The number of carbonyl (C=O) groups is 1. The number of nitrogens with one attached hydrogen (secondary N) is 1.